The summed E-state index contributed by atoms with van der Waals surface area (Å²) >= 11 is 11.6. The number of hydrogen-bond donors (Lipinski definition) is 2. The second-order valence-corrected chi connectivity index (χ2v) is 4.61. The summed E-state index contributed by atoms with van der Waals surface area (Å²) in [5.74, 6) is 0.483. The first-order valence-corrected chi connectivity index (χ1v) is 6.35. The Morgan fingerprint density at radius 2 is 2.05 bits per heavy atom. The van der Waals surface area contributed by atoms with Gasteiger partial charge in [0, 0.05) is 12.7 Å². The molecule has 0 aliphatic heterocycles. The van der Waals surface area contributed by atoms with Crippen LogP contribution in [0, 0.1) is 0 Å². The largest absolute Gasteiger partial charge is 0.448 e. The van der Waals surface area contributed by atoms with E-state index in [4.69, 9.17) is 27.6 Å². The zero-order valence-corrected chi connectivity index (χ0v) is 11.7. The molecule has 0 saturated heterocycles. The molecule has 0 fully saturated rings. The van der Waals surface area contributed by atoms with Gasteiger partial charge in [0.1, 0.15) is 5.76 Å². The molecule has 1 heterocycles. The maximum Gasteiger partial charge on any atom is 0.252 e. The van der Waals surface area contributed by atoms with Crippen LogP contribution in [0.4, 0.5) is 5.69 Å². The van der Waals surface area contributed by atoms with Crippen molar-refractivity contribution in [2.45, 2.75) is 6.54 Å². The number of rotatable bonds is 4. The van der Waals surface area contributed by atoms with Crippen molar-refractivity contribution in [3.8, 4) is 0 Å². The lowest BCUT2D eigenvalue weighted by Crippen LogP contribution is -2.18. The van der Waals surface area contributed by atoms with E-state index in [2.05, 4.69) is 10.6 Å². The minimum Gasteiger partial charge on any atom is -0.448 e. The highest BCUT2D eigenvalue weighted by atomic mass is 35.5. The summed E-state index contributed by atoms with van der Waals surface area (Å²) in [6, 6.07) is 8.61. The monoisotopic (exact) mass is 298 g/mol. The molecule has 0 aliphatic carbocycles. The minimum absolute atomic E-state index is 0.227. The molecule has 4 nitrogen and oxygen atoms in total. The average molecular weight is 299 g/mol. The lowest BCUT2D eigenvalue weighted by atomic mass is 10.2. The van der Waals surface area contributed by atoms with Crippen molar-refractivity contribution in [3.05, 3.63) is 51.9 Å². The summed E-state index contributed by atoms with van der Waals surface area (Å²) in [6.45, 7) is 0.474. The molecule has 0 aliphatic rings. The summed E-state index contributed by atoms with van der Waals surface area (Å²) < 4.78 is 5.23. The van der Waals surface area contributed by atoms with Crippen LogP contribution in [0.3, 0.4) is 0 Å². The first kappa shape index (κ1) is 13.8. The molecule has 2 N–H and O–H groups in total. The van der Waals surface area contributed by atoms with Crippen LogP contribution in [-0.2, 0) is 6.54 Å². The van der Waals surface area contributed by atoms with Crippen LogP contribution in [0.1, 0.15) is 16.1 Å². The average Bonchev–Trinajstić information content (AvgIpc) is 2.83. The van der Waals surface area contributed by atoms with E-state index in [1.807, 2.05) is 0 Å². The van der Waals surface area contributed by atoms with Crippen molar-refractivity contribution in [2.75, 3.05) is 12.4 Å². The van der Waals surface area contributed by atoms with Crippen LogP contribution in [-0.4, -0.2) is 13.0 Å². The number of carbonyl (C=O) groups excluding carboxylic acids is 1. The van der Waals surface area contributed by atoms with Gasteiger partial charge in [-0.05, 0) is 41.9 Å². The topological polar surface area (TPSA) is 54.3 Å². The van der Waals surface area contributed by atoms with Gasteiger partial charge in [0.15, 0.2) is 5.22 Å². The summed E-state index contributed by atoms with van der Waals surface area (Å²) in [5, 5.41) is 6.42. The Labute approximate surface area is 120 Å². The van der Waals surface area contributed by atoms with Gasteiger partial charge >= 0.3 is 0 Å². The van der Waals surface area contributed by atoms with Gasteiger partial charge in [-0.25, -0.2) is 0 Å². The van der Waals surface area contributed by atoms with Gasteiger partial charge in [-0.3, -0.25) is 4.79 Å². The van der Waals surface area contributed by atoms with Crippen LogP contribution in [0.15, 0.2) is 34.7 Å². The zero-order chi connectivity index (χ0) is 13.8. The fourth-order valence-corrected chi connectivity index (χ4v) is 1.95. The highest BCUT2D eigenvalue weighted by Crippen LogP contribution is 2.21. The van der Waals surface area contributed by atoms with E-state index >= 15 is 0 Å². The highest BCUT2D eigenvalue weighted by molar-refractivity contribution is 6.34. The SMILES string of the molecule is CNC(=O)c1cc(NCc2ccc(Cl)o2)ccc1Cl. The van der Waals surface area contributed by atoms with Crippen molar-refractivity contribution in [3.63, 3.8) is 0 Å². The minimum atomic E-state index is -0.227. The normalized spacial score (nSPS) is 10.3. The van der Waals surface area contributed by atoms with Gasteiger partial charge in [-0.2, -0.15) is 0 Å². The molecular weight excluding hydrogens is 287 g/mol. The number of anilines is 1. The molecule has 1 aromatic heterocycles. The Morgan fingerprint density at radius 1 is 1.26 bits per heavy atom. The first-order valence-electron chi connectivity index (χ1n) is 5.60. The summed E-state index contributed by atoms with van der Waals surface area (Å²) in [5.41, 5.74) is 1.20. The predicted molar refractivity (Wildman–Crippen MR) is 75.9 cm³/mol. The fraction of sp³-hybridized carbons (Fsp3) is 0.154. The molecular formula is C13H12Cl2N2O2. The quantitative estimate of drug-likeness (QED) is 0.907. The molecule has 1 aromatic carbocycles. The van der Waals surface area contributed by atoms with Gasteiger partial charge in [0.2, 0.25) is 0 Å². The molecule has 0 unspecified atom stereocenters. The van der Waals surface area contributed by atoms with E-state index in [1.54, 1.807) is 37.4 Å². The number of benzene rings is 1. The molecule has 0 radical (unpaired) electrons. The van der Waals surface area contributed by atoms with Gasteiger partial charge in [-0.1, -0.05) is 11.6 Å². The molecule has 2 aromatic rings. The molecule has 6 heteroatoms. The van der Waals surface area contributed by atoms with Crippen molar-refractivity contribution in [2.24, 2.45) is 0 Å². The van der Waals surface area contributed by atoms with E-state index in [9.17, 15) is 4.79 Å². The lowest BCUT2D eigenvalue weighted by molar-refractivity contribution is 0.0963. The summed E-state index contributed by atoms with van der Waals surface area (Å²) in [4.78, 5) is 11.6. The second kappa shape index (κ2) is 5.99. The number of amides is 1. The van der Waals surface area contributed by atoms with Crippen LogP contribution >= 0.6 is 23.2 Å². The van der Waals surface area contributed by atoms with Crippen molar-refractivity contribution in [1.82, 2.24) is 5.32 Å². The number of nitrogens with one attached hydrogen (secondary N) is 2. The molecule has 0 atom stereocenters. The van der Waals surface area contributed by atoms with Crippen LogP contribution < -0.4 is 10.6 Å². The molecule has 100 valence electrons. The predicted octanol–water partition coefficient (Wildman–Crippen LogP) is 3.56. The number of hydrogen-bond acceptors (Lipinski definition) is 3. The Kier molecular flexibility index (Phi) is 4.35. The second-order valence-electron chi connectivity index (χ2n) is 3.83. The Balaban J connectivity index is 2.10. The maximum absolute atomic E-state index is 11.6. The third-order valence-electron chi connectivity index (χ3n) is 2.53. The van der Waals surface area contributed by atoms with Crippen LogP contribution in [0.2, 0.25) is 10.2 Å². The van der Waals surface area contributed by atoms with E-state index in [1.165, 1.54) is 0 Å². The summed E-state index contributed by atoms with van der Waals surface area (Å²) in [7, 11) is 1.56. The number of halogens is 2. The van der Waals surface area contributed by atoms with Gasteiger partial charge in [0.05, 0.1) is 17.1 Å². The standard InChI is InChI=1S/C13H12Cl2N2O2/c1-16-13(18)10-6-8(2-4-11(10)14)17-7-9-3-5-12(15)19-9/h2-6,17H,7H2,1H3,(H,16,18). The lowest BCUT2D eigenvalue weighted by Gasteiger charge is -2.08. The van der Waals surface area contributed by atoms with E-state index < -0.39 is 0 Å². The van der Waals surface area contributed by atoms with Crippen molar-refractivity contribution in [1.29, 1.82) is 0 Å². The molecule has 1 amide bonds. The maximum atomic E-state index is 11.6. The molecule has 0 saturated carbocycles. The van der Waals surface area contributed by atoms with E-state index in [0.717, 1.165) is 5.69 Å². The number of carbonyl (C=O) groups is 1. The molecule has 19 heavy (non-hydrogen) atoms. The smallest absolute Gasteiger partial charge is 0.252 e. The third-order valence-corrected chi connectivity index (χ3v) is 3.07. The molecule has 2 rings (SSSR count). The van der Waals surface area contributed by atoms with Gasteiger partial charge < -0.3 is 15.1 Å². The Hall–Kier alpha value is -1.65. The van der Waals surface area contributed by atoms with Gasteiger partial charge in [0.25, 0.3) is 5.91 Å². The van der Waals surface area contributed by atoms with Crippen LogP contribution in [0.25, 0.3) is 0 Å². The Bertz CT molecular complexity index is 596. The number of furan rings is 1. The van der Waals surface area contributed by atoms with Gasteiger partial charge in [-0.15, -0.1) is 0 Å². The Morgan fingerprint density at radius 3 is 2.68 bits per heavy atom. The molecule has 0 bridgehead atoms. The third kappa shape index (κ3) is 3.43. The van der Waals surface area contributed by atoms with E-state index in [0.29, 0.717) is 28.1 Å². The first-order chi connectivity index (χ1) is 9.10. The fourth-order valence-electron chi connectivity index (χ4n) is 1.58. The highest BCUT2D eigenvalue weighted by Gasteiger charge is 2.09. The van der Waals surface area contributed by atoms with Crippen molar-refractivity contribution >= 4 is 34.8 Å². The molecule has 0 spiro atoms. The van der Waals surface area contributed by atoms with Crippen molar-refractivity contribution < 1.29 is 9.21 Å². The van der Waals surface area contributed by atoms with Crippen LogP contribution in [0.5, 0.6) is 0 Å². The summed E-state index contributed by atoms with van der Waals surface area (Å²) in [6.07, 6.45) is 0. The zero-order valence-electron chi connectivity index (χ0n) is 10.2. The van der Waals surface area contributed by atoms with E-state index in [-0.39, 0.29) is 5.91 Å².